The fourth-order valence-corrected chi connectivity index (χ4v) is 4.85. The molecule has 3 rings (SSSR count). The van der Waals surface area contributed by atoms with Gasteiger partial charge in [0.15, 0.2) is 5.11 Å². The summed E-state index contributed by atoms with van der Waals surface area (Å²) in [7, 11) is 0. The van der Waals surface area contributed by atoms with E-state index in [0.29, 0.717) is 30.4 Å². The number of rotatable bonds is 6. The topological polar surface area (TPSA) is 55.4 Å². The van der Waals surface area contributed by atoms with Crippen LogP contribution in [-0.4, -0.2) is 22.5 Å². The highest BCUT2D eigenvalue weighted by Crippen LogP contribution is 2.30. The first-order valence-corrected chi connectivity index (χ1v) is 11.6. The summed E-state index contributed by atoms with van der Waals surface area (Å²) in [6, 6.07) is 14.5. The SMILES string of the molecule is Cc1cccc(C)c1NC(=S)N(Cc1cccc(Br)c1)CC1CCC(C(=O)[O-])CC1. The number of carbonyl (C=O) groups is 1. The van der Waals surface area contributed by atoms with Gasteiger partial charge in [-0.1, -0.05) is 46.3 Å². The zero-order valence-corrected chi connectivity index (χ0v) is 19.9. The van der Waals surface area contributed by atoms with E-state index in [1.807, 2.05) is 18.2 Å². The quantitative estimate of drug-likeness (QED) is 0.591. The van der Waals surface area contributed by atoms with Crippen LogP contribution in [0, 0.1) is 25.7 Å². The average molecular weight is 488 g/mol. The molecular weight excluding hydrogens is 460 g/mol. The number of thiocarbonyl (C=S) groups is 1. The van der Waals surface area contributed by atoms with Gasteiger partial charge in [0.1, 0.15) is 0 Å². The second-order valence-electron chi connectivity index (χ2n) is 8.24. The van der Waals surface area contributed by atoms with Crippen molar-refractivity contribution in [3.05, 3.63) is 63.6 Å². The number of nitrogens with one attached hydrogen (secondary N) is 1. The predicted molar refractivity (Wildman–Crippen MR) is 127 cm³/mol. The zero-order chi connectivity index (χ0) is 21.7. The molecule has 1 aliphatic carbocycles. The molecule has 160 valence electrons. The van der Waals surface area contributed by atoms with Gasteiger partial charge < -0.3 is 20.1 Å². The maximum atomic E-state index is 11.2. The number of anilines is 1. The summed E-state index contributed by atoms with van der Waals surface area (Å²) in [4.78, 5) is 13.4. The van der Waals surface area contributed by atoms with Crippen molar-refractivity contribution in [3.8, 4) is 0 Å². The third kappa shape index (κ3) is 6.05. The van der Waals surface area contributed by atoms with E-state index < -0.39 is 5.97 Å². The number of aryl methyl sites for hydroxylation is 2. The van der Waals surface area contributed by atoms with Gasteiger partial charge in [0, 0.05) is 29.2 Å². The van der Waals surface area contributed by atoms with Crippen LogP contribution in [0.2, 0.25) is 0 Å². The number of hydrogen-bond acceptors (Lipinski definition) is 3. The monoisotopic (exact) mass is 487 g/mol. The second kappa shape index (κ2) is 10.4. The first-order chi connectivity index (χ1) is 14.3. The van der Waals surface area contributed by atoms with Crippen molar-refractivity contribution in [1.82, 2.24) is 4.90 Å². The molecule has 4 nitrogen and oxygen atoms in total. The highest BCUT2D eigenvalue weighted by atomic mass is 79.9. The van der Waals surface area contributed by atoms with Gasteiger partial charge in [-0.3, -0.25) is 0 Å². The fraction of sp³-hybridized carbons (Fsp3) is 0.417. The minimum absolute atomic E-state index is 0.306. The van der Waals surface area contributed by atoms with Gasteiger partial charge >= 0.3 is 0 Å². The Labute approximate surface area is 192 Å². The smallest absolute Gasteiger partial charge is 0.173 e. The highest BCUT2D eigenvalue weighted by Gasteiger charge is 2.25. The molecule has 0 aromatic heterocycles. The Kier molecular flexibility index (Phi) is 7.89. The summed E-state index contributed by atoms with van der Waals surface area (Å²) >= 11 is 9.39. The molecule has 1 N–H and O–H groups in total. The molecule has 0 bridgehead atoms. The molecule has 0 radical (unpaired) electrons. The van der Waals surface area contributed by atoms with Gasteiger partial charge in [-0.25, -0.2) is 0 Å². The predicted octanol–water partition coefficient (Wildman–Crippen LogP) is 4.82. The molecule has 1 fully saturated rings. The van der Waals surface area contributed by atoms with Gasteiger partial charge in [0.25, 0.3) is 0 Å². The molecule has 0 spiro atoms. The van der Waals surface area contributed by atoms with Crippen LogP contribution in [0.5, 0.6) is 0 Å². The van der Waals surface area contributed by atoms with Crippen LogP contribution in [0.4, 0.5) is 5.69 Å². The molecule has 0 saturated heterocycles. The summed E-state index contributed by atoms with van der Waals surface area (Å²) in [6.45, 7) is 5.68. The van der Waals surface area contributed by atoms with Crippen LogP contribution in [-0.2, 0) is 11.3 Å². The van der Waals surface area contributed by atoms with Crippen LogP contribution in [0.3, 0.4) is 0 Å². The summed E-state index contributed by atoms with van der Waals surface area (Å²) < 4.78 is 1.04. The summed E-state index contributed by atoms with van der Waals surface area (Å²) in [5.74, 6) is -0.795. The van der Waals surface area contributed by atoms with E-state index in [1.165, 1.54) is 5.56 Å². The van der Waals surface area contributed by atoms with E-state index in [-0.39, 0.29) is 5.92 Å². The lowest BCUT2D eigenvalue weighted by atomic mass is 9.82. The van der Waals surface area contributed by atoms with Gasteiger partial charge in [0.2, 0.25) is 0 Å². The van der Waals surface area contributed by atoms with E-state index in [2.05, 4.69) is 64.3 Å². The lowest BCUT2D eigenvalue weighted by Gasteiger charge is -2.34. The zero-order valence-electron chi connectivity index (χ0n) is 17.5. The average Bonchev–Trinajstić information content (AvgIpc) is 2.70. The van der Waals surface area contributed by atoms with Gasteiger partial charge in [-0.2, -0.15) is 0 Å². The maximum Gasteiger partial charge on any atom is 0.173 e. The van der Waals surface area contributed by atoms with Crippen LogP contribution in [0.25, 0.3) is 0 Å². The first kappa shape index (κ1) is 22.8. The van der Waals surface area contributed by atoms with Gasteiger partial charge in [-0.05, 0) is 92.4 Å². The first-order valence-electron chi connectivity index (χ1n) is 10.4. The molecule has 2 aromatic carbocycles. The number of hydrogen-bond donors (Lipinski definition) is 1. The molecule has 0 unspecified atom stereocenters. The van der Waals surface area contributed by atoms with Crippen molar-refractivity contribution >= 4 is 44.9 Å². The number of carbonyl (C=O) groups excluding carboxylic acids is 1. The molecule has 2 aromatic rings. The second-order valence-corrected chi connectivity index (χ2v) is 9.55. The number of para-hydroxylation sites is 1. The third-order valence-electron chi connectivity index (χ3n) is 5.92. The standard InChI is InChI=1S/C24H29BrN2O2S/c1-16-5-3-6-17(2)22(16)26-24(30)27(15-19-7-4-8-21(25)13-19)14-18-9-11-20(12-10-18)23(28)29/h3-8,13,18,20H,9-12,14-15H2,1-2H3,(H,26,30)(H,28,29)/p-1. The summed E-state index contributed by atoms with van der Waals surface area (Å²) in [6.07, 6.45) is 3.16. The van der Waals surface area contributed by atoms with E-state index in [9.17, 15) is 9.90 Å². The molecule has 0 heterocycles. The summed E-state index contributed by atoms with van der Waals surface area (Å²) in [5, 5.41) is 15.3. The van der Waals surface area contributed by atoms with E-state index >= 15 is 0 Å². The number of benzene rings is 2. The van der Waals surface area contributed by atoms with Crippen LogP contribution in [0.15, 0.2) is 46.9 Å². The number of aliphatic carboxylic acids is 1. The number of carboxylic acids is 1. The van der Waals surface area contributed by atoms with Crippen LogP contribution < -0.4 is 10.4 Å². The van der Waals surface area contributed by atoms with Crippen LogP contribution >= 0.6 is 28.1 Å². The lowest BCUT2D eigenvalue weighted by Crippen LogP contribution is -2.40. The molecule has 6 heteroatoms. The molecule has 0 aliphatic heterocycles. The highest BCUT2D eigenvalue weighted by molar-refractivity contribution is 9.10. The molecule has 0 atom stereocenters. The minimum Gasteiger partial charge on any atom is -0.550 e. The largest absolute Gasteiger partial charge is 0.550 e. The Morgan fingerprint density at radius 1 is 1.13 bits per heavy atom. The number of nitrogens with zero attached hydrogens (tertiary/aromatic N) is 1. The summed E-state index contributed by atoms with van der Waals surface area (Å²) in [5.41, 5.74) is 4.56. The van der Waals surface area contributed by atoms with E-state index in [0.717, 1.165) is 40.7 Å². The van der Waals surface area contributed by atoms with Crippen molar-refractivity contribution in [1.29, 1.82) is 0 Å². The third-order valence-corrected chi connectivity index (χ3v) is 6.77. The van der Waals surface area contributed by atoms with Gasteiger partial charge in [0.05, 0.1) is 0 Å². The normalized spacial score (nSPS) is 18.6. The molecule has 1 aliphatic rings. The maximum absolute atomic E-state index is 11.2. The fourth-order valence-electron chi connectivity index (χ4n) is 4.16. The lowest BCUT2D eigenvalue weighted by molar-refractivity contribution is -0.312. The molecule has 1 saturated carbocycles. The molecule has 30 heavy (non-hydrogen) atoms. The molecular formula is C24H28BrN2O2S-. The van der Waals surface area contributed by atoms with Crippen molar-refractivity contribution in [2.45, 2.75) is 46.1 Å². The van der Waals surface area contributed by atoms with Crippen molar-refractivity contribution in [2.75, 3.05) is 11.9 Å². The minimum atomic E-state index is -0.911. The van der Waals surface area contributed by atoms with Crippen LogP contribution in [0.1, 0.15) is 42.4 Å². The van der Waals surface area contributed by atoms with E-state index in [4.69, 9.17) is 12.2 Å². The van der Waals surface area contributed by atoms with Crippen molar-refractivity contribution < 1.29 is 9.90 Å². The Hall–Kier alpha value is -1.92. The Morgan fingerprint density at radius 2 is 1.77 bits per heavy atom. The Bertz CT molecular complexity index is 890. The number of carboxylic acid groups (broad SMARTS) is 1. The molecule has 0 amide bonds. The Morgan fingerprint density at radius 3 is 2.37 bits per heavy atom. The van der Waals surface area contributed by atoms with E-state index in [1.54, 1.807) is 0 Å². The van der Waals surface area contributed by atoms with Gasteiger partial charge in [-0.15, -0.1) is 0 Å². The van der Waals surface area contributed by atoms with Crippen molar-refractivity contribution in [2.24, 2.45) is 11.8 Å². The Balaban J connectivity index is 1.75. The number of halogens is 1. The van der Waals surface area contributed by atoms with Crippen molar-refractivity contribution in [3.63, 3.8) is 0 Å².